The molecule has 0 saturated carbocycles. The molecule has 0 bridgehead atoms. The largest absolute Gasteiger partial charge is 0.352 e. The number of amides is 1. The minimum atomic E-state index is -0.371. The fourth-order valence-corrected chi connectivity index (χ4v) is 2.36. The zero-order valence-corrected chi connectivity index (χ0v) is 13.4. The van der Waals surface area contributed by atoms with Gasteiger partial charge in [0.15, 0.2) is 5.78 Å². The summed E-state index contributed by atoms with van der Waals surface area (Å²) in [5.41, 5.74) is 0.991. The summed E-state index contributed by atoms with van der Waals surface area (Å²) >= 11 is 3.25. The van der Waals surface area contributed by atoms with Crippen LogP contribution in [-0.4, -0.2) is 11.7 Å². The second kappa shape index (κ2) is 7.84. The standard InChI is InChI=1S/C17H15BrFNO2/c18-14-6-7-15(19)13(10-14)11-20-17(22)9-8-16(21)12-4-2-1-3-5-12/h1-7,10H,8-9,11H2,(H,20,22). The number of carbonyl (C=O) groups is 2. The average molecular weight is 364 g/mol. The topological polar surface area (TPSA) is 46.2 Å². The first-order valence-electron chi connectivity index (χ1n) is 6.85. The molecule has 22 heavy (non-hydrogen) atoms. The van der Waals surface area contributed by atoms with Crippen LogP contribution in [0.2, 0.25) is 0 Å². The van der Waals surface area contributed by atoms with Crippen LogP contribution in [0.15, 0.2) is 53.0 Å². The van der Waals surface area contributed by atoms with Gasteiger partial charge in [-0.3, -0.25) is 9.59 Å². The van der Waals surface area contributed by atoms with E-state index >= 15 is 0 Å². The Balaban J connectivity index is 1.81. The minimum Gasteiger partial charge on any atom is -0.352 e. The molecule has 3 nitrogen and oxygen atoms in total. The van der Waals surface area contributed by atoms with Gasteiger partial charge in [-0.2, -0.15) is 0 Å². The van der Waals surface area contributed by atoms with Gasteiger partial charge in [-0.25, -0.2) is 4.39 Å². The van der Waals surface area contributed by atoms with E-state index in [1.54, 1.807) is 36.4 Å². The Morgan fingerprint density at radius 3 is 2.50 bits per heavy atom. The molecule has 114 valence electrons. The Bertz CT molecular complexity index is 674. The molecule has 5 heteroatoms. The Labute approximate surface area is 136 Å². The van der Waals surface area contributed by atoms with Crippen LogP contribution in [0.3, 0.4) is 0 Å². The number of halogens is 2. The molecule has 1 N–H and O–H groups in total. The maximum atomic E-state index is 13.5. The molecular formula is C17H15BrFNO2. The van der Waals surface area contributed by atoms with Gasteiger partial charge < -0.3 is 5.32 Å². The van der Waals surface area contributed by atoms with Gasteiger partial charge in [0.05, 0.1) is 0 Å². The van der Waals surface area contributed by atoms with Crippen LogP contribution in [-0.2, 0) is 11.3 Å². The van der Waals surface area contributed by atoms with Crippen LogP contribution in [0.1, 0.15) is 28.8 Å². The molecule has 0 aliphatic rings. The van der Waals surface area contributed by atoms with Crippen LogP contribution in [0, 0.1) is 5.82 Å². The van der Waals surface area contributed by atoms with E-state index in [2.05, 4.69) is 21.2 Å². The Hall–Kier alpha value is -2.01. The summed E-state index contributed by atoms with van der Waals surface area (Å²) in [6.45, 7) is 0.101. The summed E-state index contributed by atoms with van der Waals surface area (Å²) < 4.78 is 14.3. The van der Waals surface area contributed by atoms with Crippen molar-refractivity contribution in [3.63, 3.8) is 0 Å². The van der Waals surface area contributed by atoms with Crippen molar-refractivity contribution in [1.82, 2.24) is 5.32 Å². The normalized spacial score (nSPS) is 10.3. The van der Waals surface area contributed by atoms with Crippen molar-refractivity contribution in [1.29, 1.82) is 0 Å². The van der Waals surface area contributed by atoms with E-state index in [1.165, 1.54) is 6.07 Å². The number of hydrogen-bond donors (Lipinski definition) is 1. The lowest BCUT2D eigenvalue weighted by Crippen LogP contribution is -2.23. The van der Waals surface area contributed by atoms with E-state index in [4.69, 9.17) is 0 Å². The highest BCUT2D eigenvalue weighted by Crippen LogP contribution is 2.15. The van der Waals surface area contributed by atoms with Crippen LogP contribution < -0.4 is 5.32 Å². The van der Waals surface area contributed by atoms with Crippen LogP contribution in [0.5, 0.6) is 0 Å². The van der Waals surface area contributed by atoms with E-state index < -0.39 is 0 Å². The number of ketones is 1. The van der Waals surface area contributed by atoms with E-state index in [1.807, 2.05) is 6.07 Å². The molecule has 0 radical (unpaired) electrons. The number of nitrogens with one attached hydrogen (secondary N) is 1. The predicted molar refractivity (Wildman–Crippen MR) is 86.0 cm³/mol. The number of carbonyl (C=O) groups excluding carboxylic acids is 2. The van der Waals surface area contributed by atoms with Crippen LogP contribution in [0.25, 0.3) is 0 Å². The maximum absolute atomic E-state index is 13.5. The third kappa shape index (κ3) is 4.77. The molecule has 0 aromatic heterocycles. The van der Waals surface area contributed by atoms with E-state index in [0.29, 0.717) is 11.1 Å². The summed E-state index contributed by atoms with van der Waals surface area (Å²) in [6, 6.07) is 13.4. The molecule has 0 heterocycles. The highest BCUT2D eigenvalue weighted by molar-refractivity contribution is 9.10. The second-order valence-corrected chi connectivity index (χ2v) is 5.72. The fraction of sp³-hybridized carbons (Fsp3) is 0.176. The molecule has 0 aliphatic heterocycles. The van der Waals surface area contributed by atoms with Crippen molar-refractivity contribution in [3.05, 3.63) is 69.9 Å². The zero-order valence-electron chi connectivity index (χ0n) is 11.8. The molecule has 0 unspecified atom stereocenters. The van der Waals surface area contributed by atoms with Gasteiger partial charge in [0.25, 0.3) is 0 Å². The highest BCUT2D eigenvalue weighted by Gasteiger charge is 2.10. The highest BCUT2D eigenvalue weighted by atomic mass is 79.9. The molecule has 1 amide bonds. The first-order valence-corrected chi connectivity index (χ1v) is 7.64. The lowest BCUT2D eigenvalue weighted by molar-refractivity contribution is -0.121. The maximum Gasteiger partial charge on any atom is 0.220 e. The third-order valence-electron chi connectivity index (χ3n) is 3.16. The second-order valence-electron chi connectivity index (χ2n) is 4.80. The number of Topliss-reactive ketones (excluding diaryl/α,β-unsaturated/α-hetero) is 1. The Morgan fingerprint density at radius 1 is 1.05 bits per heavy atom. The van der Waals surface area contributed by atoms with Crippen molar-refractivity contribution in [3.8, 4) is 0 Å². The third-order valence-corrected chi connectivity index (χ3v) is 3.65. The Morgan fingerprint density at radius 2 is 1.77 bits per heavy atom. The molecule has 0 spiro atoms. The van der Waals surface area contributed by atoms with E-state index in [9.17, 15) is 14.0 Å². The quantitative estimate of drug-likeness (QED) is 0.791. The Kier molecular flexibility index (Phi) is 5.83. The van der Waals surface area contributed by atoms with Gasteiger partial charge in [0.1, 0.15) is 5.82 Å². The predicted octanol–water partition coefficient (Wildman–Crippen LogP) is 3.87. The number of hydrogen-bond acceptors (Lipinski definition) is 2. The first-order chi connectivity index (χ1) is 10.6. The average Bonchev–Trinajstić information content (AvgIpc) is 2.54. The van der Waals surface area contributed by atoms with E-state index in [0.717, 1.165) is 4.47 Å². The van der Waals surface area contributed by atoms with Gasteiger partial charge in [-0.1, -0.05) is 46.3 Å². The van der Waals surface area contributed by atoms with E-state index in [-0.39, 0.29) is 36.9 Å². The smallest absolute Gasteiger partial charge is 0.220 e. The van der Waals surface area contributed by atoms with Gasteiger partial charge in [-0.15, -0.1) is 0 Å². The summed E-state index contributed by atoms with van der Waals surface area (Å²) in [4.78, 5) is 23.6. The molecule has 2 aromatic rings. The summed E-state index contributed by atoms with van der Waals surface area (Å²) in [5, 5.41) is 2.62. The van der Waals surface area contributed by atoms with Gasteiger partial charge >= 0.3 is 0 Å². The lowest BCUT2D eigenvalue weighted by Gasteiger charge is -2.07. The van der Waals surface area contributed by atoms with Crippen molar-refractivity contribution in [2.24, 2.45) is 0 Å². The molecular weight excluding hydrogens is 349 g/mol. The fourth-order valence-electron chi connectivity index (χ4n) is 1.96. The van der Waals surface area contributed by atoms with Gasteiger partial charge in [0, 0.05) is 35.0 Å². The van der Waals surface area contributed by atoms with Crippen molar-refractivity contribution in [2.45, 2.75) is 19.4 Å². The summed E-state index contributed by atoms with van der Waals surface area (Å²) in [7, 11) is 0. The van der Waals surface area contributed by atoms with Crippen molar-refractivity contribution in [2.75, 3.05) is 0 Å². The SMILES string of the molecule is O=C(CCC(=O)c1ccccc1)NCc1cc(Br)ccc1F. The monoisotopic (exact) mass is 363 g/mol. The molecule has 2 rings (SSSR count). The lowest BCUT2D eigenvalue weighted by atomic mass is 10.1. The summed E-state index contributed by atoms with van der Waals surface area (Å²) in [5.74, 6) is -0.725. The number of benzene rings is 2. The minimum absolute atomic E-state index is 0.0793. The van der Waals surface area contributed by atoms with Crippen molar-refractivity contribution < 1.29 is 14.0 Å². The van der Waals surface area contributed by atoms with Crippen LogP contribution in [0.4, 0.5) is 4.39 Å². The molecule has 2 aromatic carbocycles. The molecule has 0 fully saturated rings. The van der Waals surface area contributed by atoms with Crippen molar-refractivity contribution >= 4 is 27.6 Å². The number of rotatable bonds is 6. The molecule has 0 atom stereocenters. The molecule has 0 saturated heterocycles. The van der Waals surface area contributed by atoms with Gasteiger partial charge in [0.2, 0.25) is 5.91 Å². The summed E-state index contributed by atoms with van der Waals surface area (Å²) in [6.07, 6.45) is 0.222. The van der Waals surface area contributed by atoms with Gasteiger partial charge in [-0.05, 0) is 18.2 Å². The first kappa shape index (κ1) is 16.4. The molecule has 0 aliphatic carbocycles. The zero-order chi connectivity index (χ0) is 15.9. The van der Waals surface area contributed by atoms with Crippen LogP contribution >= 0.6 is 15.9 Å².